The molecule has 3 aliphatic heterocycles. The number of rotatable bonds is 3. The van der Waals surface area contributed by atoms with Gasteiger partial charge in [-0.05, 0) is 27.2 Å². The molecule has 3 amide bonds. The van der Waals surface area contributed by atoms with Crippen LogP contribution in [0, 0.1) is 0 Å². The highest BCUT2D eigenvalue weighted by Crippen LogP contribution is 2.47. The molecule has 0 aromatic rings. The first kappa shape index (κ1) is 11.9. The number of carbonyl (C=O) groups is 2. The zero-order valence-electron chi connectivity index (χ0n) is 11.1. The van der Waals surface area contributed by atoms with Crippen LogP contribution in [0.2, 0.25) is 0 Å². The molecule has 0 aromatic heterocycles. The highest BCUT2D eigenvalue weighted by Gasteiger charge is 2.69. The van der Waals surface area contributed by atoms with Crippen molar-refractivity contribution in [2.45, 2.75) is 51.1 Å². The zero-order valence-corrected chi connectivity index (χ0v) is 11.1. The Labute approximate surface area is 106 Å². The fraction of sp³-hybridized carbons (Fsp3) is 0.833. The summed E-state index contributed by atoms with van der Waals surface area (Å²) in [5.74, 6) is -0.188. The fourth-order valence-corrected chi connectivity index (χ4v) is 2.65. The third-order valence-corrected chi connectivity index (χ3v) is 4.30. The van der Waals surface area contributed by atoms with E-state index in [0.717, 1.165) is 0 Å². The molecule has 3 aliphatic rings. The number of epoxide rings is 2. The van der Waals surface area contributed by atoms with Crippen LogP contribution in [0.1, 0.15) is 34.1 Å². The van der Waals surface area contributed by atoms with E-state index in [0.29, 0.717) is 19.6 Å². The van der Waals surface area contributed by atoms with Gasteiger partial charge in [-0.1, -0.05) is 6.92 Å². The highest BCUT2D eigenvalue weighted by atomic mass is 16.6. The summed E-state index contributed by atoms with van der Waals surface area (Å²) >= 11 is 0. The van der Waals surface area contributed by atoms with E-state index in [2.05, 4.69) is 0 Å². The third-order valence-electron chi connectivity index (χ3n) is 4.30. The second-order valence-electron chi connectivity index (χ2n) is 5.81. The molecule has 3 saturated heterocycles. The van der Waals surface area contributed by atoms with Crippen LogP contribution in [0.3, 0.4) is 0 Å². The summed E-state index contributed by atoms with van der Waals surface area (Å²) in [5.41, 5.74) is -2.24. The Morgan fingerprint density at radius 1 is 1.11 bits per heavy atom. The van der Waals surface area contributed by atoms with Gasteiger partial charge in [-0.2, -0.15) is 0 Å². The summed E-state index contributed by atoms with van der Waals surface area (Å²) in [6.45, 7) is 8.20. The normalized spacial score (nSPS) is 46.9. The molecule has 3 unspecified atom stereocenters. The molecule has 0 N–H and O–H groups in total. The van der Waals surface area contributed by atoms with Crippen LogP contribution in [0.15, 0.2) is 0 Å². The standard InChI is InChI=1S/C12H18N2O4/c1-5-10(2)8(15)13(11(3)6-17-11)9(16)14(10)12(4)7-18-12/h5-7H2,1-4H3. The van der Waals surface area contributed by atoms with Crippen molar-refractivity contribution >= 4 is 11.9 Å². The molecule has 3 heterocycles. The number of hydrogen-bond donors (Lipinski definition) is 0. The fourth-order valence-electron chi connectivity index (χ4n) is 2.65. The Kier molecular flexibility index (Phi) is 2.02. The number of urea groups is 1. The SMILES string of the molecule is CCC1(C)C(=O)N(C2(C)CO2)C(=O)N1C1(C)CO1. The van der Waals surface area contributed by atoms with Crippen LogP contribution in [-0.2, 0) is 14.3 Å². The topological polar surface area (TPSA) is 65.7 Å². The number of hydrogen-bond acceptors (Lipinski definition) is 4. The van der Waals surface area contributed by atoms with Crippen molar-refractivity contribution in [2.75, 3.05) is 13.2 Å². The van der Waals surface area contributed by atoms with Crippen molar-refractivity contribution in [3.63, 3.8) is 0 Å². The lowest BCUT2D eigenvalue weighted by molar-refractivity contribution is -0.137. The second kappa shape index (κ2) is 3.05. The predicted octanol–water partition coefficient (Wildman–Crippen LogP) is 0.912. The van der Waals surface area contributed by atoms with Gasteiger partial charge in [0.25, 0.3) is 5.91 Å². The second-order valence-corrected chi connectivity index (χ2v) is 5.81. The molecule has 3 rings (SSSR count). The van der Waals surface area contributed by atoms with Gasteiger partial charge >= 0.3 is 6.03 Å². The number of imide groups is 1. The smallest absolute Gasteiger partial charge is 0.332 e. The van der Waals surface area contributed by atoms with E-state index >= 15 is 0 Å². The molecule has 3 fully saturated rings. The maximum atomic E-state index is 12.6. The van der Waals surface area contributed by atoms with E-state index in [-0.39, 0.29) is 11.9 Å². The van der Waals surface area contributed by atoms with Crippen LogP contribution < -0.4 is 0 Å². The molecular formula is C12H18N2O4. The number of carbonyl (C=O) groups excluding carboxylic acids is 2. The molecule has 0 aliphatic carbocycles. The number of nitrogens with zero attached hydrogens (tertiary/aromatic N) is 2. The summed E-state index contributed by atoms with van der Waals surface area (Å²) in [6, 6.07) is -0.302. The quantitative estimate of drug-likeness (QED) is 0.554. The van der Waals surface area contributed by atoms with E-state index in [1.165, 1.54) is 4.90 Å². The maximum absolute atomic E-state index is 12.6. The molecular weight excluding hydrogens is 236 g/mol. The van der Waals surface area contributed by atoms with Gasteiger partial charge in [-0.25, -0.2) is 9.69 Å². The van der Waals surface area contributed by atoms with E-state index in [9.17, 15) is 9.59 Å². The Morgan fingerprint density at radius 2 is 1.61 bits per heavy atom. The molecule has 0 aromatic carbocycles. The summed E-state index contributed by atoms with van der Waals surface area (Å²) < 4.78 is 10.6. The summed E-state index contributed by atoms with van der Waals surface area (Å²) in [5, 5.41) is 0. The Balaban J connectivity index is 2.03. The van der Waals surface area contributed by atoms with Gasteiger partial charge in [0.1, 0.15) is 5.54 Å². The van der Waals surface area contributed by atoms with Gasteiger partial charge in [0.15, 0.2) is 11.4 Å². The Hall–Kier alpha value is -1.14. The van der Waals surface area contributed by atoms with Crippen LogP contribution in [0.4, 0.5) is 4.79 Å². The van der Waals surface area contributed by atoms with E-state index in [4.69, 9.17) is 9.47 Å². The molecule has 6 heteroatoms. The average molecular weight is 254 g/mol. The van der Waals surface area contributed by atoms with Gasteiger partial charge in [0.2, 0.25) is 0 Å². The lowest BCUT2D eigenvalue weighted by atomic mass is 9.95. The molecule has 3 atom stereocenters. The highest BCUT2D eigenvalue weighted by molar-refractivity contribution is 6.08. The number of amides is 3. The van der Waals surface area contributed by atoms with Gasteiger partial charge in [-0.3, -0.25) is 9.69 Å². The largest absolute Gasteiger partial charge is 0.348 e. The Bertz CT molecular complexity index is 441. The van der Waals surface area contributed by atoms with Gasteiger partial charge in [-0.15, -0.1) is 0 Å². The van der Waals surface area contributed by atoms with Crippen molar-refractivity contribution in [2.24, 2.45) is 0 Å². The minimum atomic E-state index is -0.836. The van der Waals surface area contributed by atoms with Crippen molar-refractivity contribution < 1.29 is 19.1 Å². The van der Waals surface area contributed by atoms with Crippen molar-refractivity contribution in [3.05, 3.63) is 0 Å². The lowest BCUT2D eigenvalue weighted by Gasteiger charge is -2.33. The first-order chi connectivity index (χ1) is 8.28. The van der Waals surface area contributed by atoms with Gasteiger partial charge in [0.05, 0.1) is 13.2 Å². The molecule has 6 nitrogen and oxygen atoms in total. The van der Waals surface area contributed by atoms with E-state index in [1.54, 1.807) is 18.7 Å². The first-order valence-corrected chi connectivity index (χ1v) is 6.25. The van der Waals surface area contributed by atoms with Crippen molar-refractivity contribution in [1.82, 2.24) is 9.80 Å². The first-order valence-electron chi connectivity index (χ1n) is 6.25. The van der Waals surface area contributed by atoms with Gasteiger partial charge < -0.3 is 9.47 Å². The van der Waals surface area contributed by atoms with E-state index < -0.39 is 17.0 Å². The van der Waals surface area contributed by atoms with E-state index in [1.807, 2.05) is 13.8 Å². The molecule has 0 saturated carbocycles. The number of ether oxygens (including phenoxy) is 2. The van der Waals surface area contributed by atoms with Crippen molar-refractivity contribution in [1.29, 1.82) is 0 Å². The van der Waals surface area contributed by atoms with Crippen molar-refractivity contribution in [3.8, 4) is 0 Å². The lowest BCUT2D eigenvalue weighted by Crippen LogP contribution is -2.52. The third kappa shape index (κ3) is 1.25. The predicted molar refractivity (Wildman–Crippen MR) is 61.5 cm³/mol. The van der Waals surface area contributed by atoms with Crippen LogP contribution in [-0.4, -0.2) is 51.9 Å². The minimum absolute atomic E-state index is 0.188. The average Bonchev–Trinajstić information content (AvgIpc) is 3.19. The van der Waals surface area contributed by atoms with Gasteiger partial charge in [0, 0.05) is 0 Å². The summed E-state index contributed by atoms with van der Waals surface area (Å²) in [7, 11) is 0. The summed E-state index contributed by atoms with van der Waals surface area (Å²) in [6.07, 6.45) is 0.559. The minimum Gasteiger partial charge on any atom is -0.348 e. The maximum Gasteiger partial charge on any atom is 0.332 e. The molecule has 0 radical (unpaired) electrons. The summed E-state index contributed by atoms with van der Waals surface area (Å²) in [4.78, 5) is 27.9. The van der Waals surface area contributed by atoms with Crippen LogP contribution in [0.25, 0.3) is 0 Å². The monoisotopic (exact) mass is 254 g/mol. The molecule has 0 bridgehead atoms. The Morgan fingerprint density at radius 3 is 2.00 bits per heavy atom. The molecule has 0 spiro atoms. The molecule has 18 heavy (non-hydrogen) atoms. The van der Waals surface area contributed by atoms with Crippen LogP contribution in [0.5, 0.6) is 0 Å². The molecule has 100 valence electrons. The zero-order chi connectivity index (χ0) is 13.3. The van der Waals surface area contributed by atoms with Crippen LogP contribution >= 0.6 is 0 Å².